The molecule has 2 N–H and O–H groups in total. The van der Waals surface area contributed by atoms with Crippen LogP contribution < -0.4 is 10.6 Å². The van der Waals surface area contributed by atoms with Crippen LogP contribution >= 0.6 is 24.0 Å². The predicted molar refractivity (Wildman–Crippen MR) is 109 cm³/mol. The zero-order valence-electron chi connectivity index (χ0n) is 15.4. The maximum Gasteiger partial charge on any atom is 0.191 e. The summed E-state index contributed by atoms with van der Waals surface area (Å²) in [7, 11) is -1.17. The van der Waals surface area contributed by atoms with Gasteiger partial charge in [0.2, 0.25) is 0 Å². The van der Waals surface area contributed by atoms with Crippen molar-refractivity contribution in [2.75, 3.05) is 25.6 Å². The molecule has 1 fully saturated rings. The van der Waals surface area contributed by atoms with E-state index in [1.54, 1.807) is 7.05 Å². The molecule has 0 spiro atoms. The quantitative estimate of drug-likeness (QED) is 0.349. The molecule has 0 bridgehead atoms. The first kappa shape index (κ1) is 22.9. The summed E-state index contributed by atoms with van der Waals surface area (Å²) in [6.07, 6.45) is 5.50. The molecule has 1 saturated carbocycles. The van der Waals surface area contributed by atoms with Crippen molar-refractivity contribution in [3.8, 4) is 0 Å². The summed E-state index contributed by atoms with van der Waals surface area (Å²) < 4.78 is 23.0. The van der Waals surface area contributed by atoms with Crippen LogP contribution in [-0.2, 0) is 9.84 Å². The van der Waals surface area contributed by atoms with Gasteiger partial charge >= 0.3 is 0 Å². The molecule has 1 aliphatic carbocycles. The molecule has 7 heteroatoms. The number of sulfone groups is 1. The molecule has 0 aliphatic heterocycles. The fraction of sp³-hybridized carbons (Fsp3) is 0.938. The topological polar surface area (TPSA) is 70.6 Å². The minimum absolute atomic E-state index is 0. The van der Waals surface area contributed by atoms with Crippen LogP contribution in [0.5, 0.6) is 0 Å². The first-order valence-electron chi connectivity index (χ1n) is 8.10. The summed E-state index contributed by atoms with van der Waals surface area (Å²) in [5.74, 6) is 1.03. The number of aliphatic imine (C=N–C) groups is 1. The van der Waals surface area contributed by atoms with Crippen molar-refractivity contribution >= 4 is 39.8 Å². The normalized spacial score (nSPS) is 18.8. The van der Waals surface area contributed by atoms with E-state index < -0.39 is 9.84 Å². The van der Waals surface area contributed by atoms with Gasteiger partial charge in [-0.1, -0.05) is 20.8 Å². The second kappa shape index (κ2) is 8.87. The summed E-state index contributed by atoms with van der Waals surface area (Å²) in [6.45, 7) is 9.56. The van der Waals surface area contributed by atoms with E-state index in [9.17, 15) is 8.42 Å². The van der Waals surface area contributed by atoms with Crippen LogP contribution in [0.15, 0.2) is 4.99 Å². The first-order valence-corrected chi connectivity index (χ1v) is 10.2. The van der Waals surface area contributed by atoms with E-state index in [4.69, 9.17) is 0 Å². The van der Waals surface area contributed by atoms with Crippen LogP contribution in [0.3, 0.4) is 0 Å². The molecular formula is C16H34IN3O2S. The largest absolute Gasteiger partial charge is 0.356 e. The van der Waals surface area contributed by atoms with Gasteiger partial charge in [-0.15, -0.1) is 24.0 Å². The van der Waals surface area contributed by atoms with Gasteiger partial charge in [-0.3, -0.25) is 4.99 Å². The maximum absolute atomic E-state index is 11.5. The highest BCUT2D eigenvalue weighted by Gasteiger charge is 2.45. The Balaban J connectivity index is 0.00000484. The number of nitrogens with zero attached hydrogens (tertiary/aromatic N) is 1. The van der Waals surface area contributed by atoms with Gasteiger partial charge in [0.05, 0.1) is 5.75 Å². The monoisotopic (exact) mass is 459 g/mol. The molecular weight excluding hydrogens is 425 g/mol. The Morgan fingerprint density at radius 3 is 2.26 bits per heavy atom. The molecule has 1 rings (SSSR count). The standard InChI is InChI=1S/C16H33N3O2S.HI/c1-13(7-8-15(2,3)4)19-14(17-5)18-11-16(9-10-16)12-22(6,20)21;/h13H,7-12H2,1-6H3,(H2,17,18,19);1H. The Kier molecular flexibility index (Phi) is 8.85. The minimum Gasteiger partial charge on any atom is -0.356 e. The molecule has 5 nitrogen and oxygen atoms in total. The van der Waals surface area contributed by atoms with E-state index >= 15 is 0 Å². The molecule has 1 atom stereocenters. The highest BCUT2D eigenvalue weighted by molar-refractivity contribution is 14.0. The number of nitrogens with one attached hydrogen (secondary N) is 2. The van der Waals surface area contributed by atoms with Crippen molar-refractivity contribution in [3.63, 3.8) is 0 Å². The van der Waals surface area contributed by atoms with Gasteiger partial charge in [0.15, 0.2) is 5.96 Å². The Labute approximate surface area is 159 Å². The second-order valence-corrected chi connectivity index (χ2v) is 10.3. The van der Waals surface area contributed by atoms with Gasteiger partial charge in [0, 0.05) is 31.3 Å². The summed E-state index contributed by atoms with van der Waals surface area (Å²) in [4.78, 5) is 4.24. The van der Waals surface area contributed by atoms with Gasteiger partial charge in [0.25, 0.3) is 0 Å². The average Bonchev–Trinajstić information content (AvgIpc) is 3.08. The van der Waals surface area contributed by atoms with E-state index in [-0.39, 0.29) is 35.1 Å². The number of halogens is 1. The van der Waals surface area contributed by atoms with Crippen LogP contribution in [-0.4, -0.2) is 46.0 Å². The molecule has 0 aromatic heterocycles. The van der Waals surface area contributed by atoms with Crippen LogP contribution in [0.2, 0.25) is 0 Å². The third-order valence-electron chi connectivity index (χ3n) is 4.09. The second-order valence-electron chi connectivity index (χ2n) is 8.14. The Hall–Kier alpha value is -0.0500. The number of hydrogen-bond acceptors (Lipinski definition) is 3. The molecule has 1 aliphatic rings. The Morgan fingerprint density at radius 2 is 1.87 bits per heavy atom. The van der Waals surface area contributed by atoms with Gasteiger partial charge < -0.3 is 10.6 Å². The Bertz CT molecular complexity index is 494. The van der Waals surface area contributed by atoms with Crippen LogP contribution in [0.1, 0.15) is 53.4 Å². The van der Waals surface area contributed by atoms with Crippen molar-refractivity contribution in [1.29, 1.82) is 0 Å². The molecule has 0 heterocycles. The van der Waals surface area contributed by atoms with E-state index in [0.717, 1.165) is 31.6 Å². The lowest BCUT2D eigenvalue weighted by Crippen LogP contribution is -2.45. The van der Waals surface area contributed by atoms with Crippen LogP contribution in [0.25, 0.3) is 0 Å². The fourth-order valence-corrected chi connectivity index (χ4v) is 4.03. The highest BCUT2D eigenvalue weighted by Crippen LogP contribution is 2.45. The van der Waals surface area contributed by atoms with Crippen molar-refractivity contribution in [1.82, 2.24) is 10.6 Å². The van der Waals surface area contributed by atoms with Gasteiger partial charge in [-0.25, -0.2) is 8.42 Å². The van der Waals surface area contributed by atoms with Crippen molar-refractivity contribution in [2.24, 2.45) is 15.8 Å². The fourth-order valence-electron chi connectivity index (χ4n) is 2.53. The number of rotatable bonds is 7. The zero-order valence-corrected chi connectivity index (χ0v) is 18.5. The van der Waals surface area contributed by atoms with Crippen molar-refractivity contribution in [2.45, 2.75) is 59.4 Å². The third kappa shape index (κ3) is 10.4. The van der Waals surface area contributed by atoms with E-state index in [2.05, 4.69) is 43.3 Å². The number of guanidine groups is 1. The van der Waals surface area contributed by atoms with E-state index in [1.807, 2.05) is 0 Å². The lowest BCUT2D eigenvalue weighted by atomic mass is 9.89. The lowest BCUT2D eigenvalue weighted by molar-refractivity contribution is 0.346. The molecule has 0 radical (unpaired) electrons. The van der Waals surface area contributed by atoms with Crippen LogP contribution in [0, 0.1) is 10.8 Å². The molecule has 138 valence electrons. The highest BCUT2D eigenvalue weighted by atomic mass is 127. The predicted octanol–water partition coefficient (Wildman–Crippen LogP) is 2.81. The van der Waals surface area contributed by atoms with E-state index in [0.29, 0.717) is 18.0 Å². The summed E-state index contributed by atoms with van der Waals surface area (Å²) in [5.41, 5.74) is 0.250. The minimum atomic E-state index is -2.92. The van der Waals surface area contributed by atoms with Crippen molar-refractivity contribution < 1.29 is 8.42 Å². The van der Waals surface area contributed by atoms with E-state index in [1.165, 1.54) is 6.26 Å². The summed E-state index contributed by atoms with van der Waals surface area (Å²) in [5, 5.41) is 6.69. The van der Waals surface area contributed by atoms with Gasteiger partial charge in [0.1, 0.15) is 9.84 Å². The molecule has 0 amide bonds. The maximum atomic E-state index is 11.5. The Morgan fingerprint density at radius 1 is 1.30 bits per heavy atom. The molecule has 0 aromatic rings. The summed E-state index contributed by atoms with van der Waals surface area (Å²) in [6, 6.07) is 0.343. The third-order valence-corrected chi connectivity index (χ3v) is 5.23. The lowest BCUT2D eigenvalue weighted by Gasteiger charge is -2.24. The molecule has 23 heavy (non-hydrogen) atoms. The average molecular weight is 459 g/mol. The van der Waals surface area contributed by atoms with Gasteiger partial charge in [-0.2, -0.15) is 0 Å². The van der Waals surface area contributed by atoms with Gasteiger partial charge in [-0.05, 0) is 38.0 Å². The molecule has 0 aromatic carbocycles. The van der Waals surface area contributed by atoms with Crippen molar-refractivity contribution in [3.05, 3.63) is 0 Å². The molecule has 1 unspecified atom stereocenters. The van der Waals surface area contributed by atoms with Crippen LogP contribution in [0.4, 0.5) is 0 Å². The number of hydrogen-bond donors (Lipinski definition) is 2. The smallest absolute Gasteiger partial charge is 0.191 e. The first-order chi connectivity index (χ1) is 9.95. The zero-order chi connectivity index (χ0) is 17.0. The summed E-state index contributed by atoms with van der Waals surface area (Å²) >= 11 is 0. The molecule has 0 saturated heterocycles. The SMILES string of the molecule is CN=C(NCC1(CS(C)(=O)=O)CC1)NC(C)CCC(C)(C)C.I.